The van der Waals surface area contributed by atoms with Crippen LogP contribution in [0.1, 0.15) is 6.42 Å². The third-order valence-electron chi connectivity index (χ3n) is 1.18. The topological polar surface area (TPSA) is 60.9 Å². The second-order valence-electron chi connectivity index (χ2n) is 2.02. The van der Waals surface area contributed by atoms with Crippen molar-refractivity contribution >= 4 is 5.91 Å². The van der Waals surface area contributed by atoms with Gasteiger partial charge in [0, 0.05) is 25.4 Å². The van der Waals surface area contributed by atoms with Gasteiger partial charge in [0.25, 0.3) is 0 Å². The number of aromatic nitrogens is 2. The normalized spacial score (nSPS) is 9.60. The number of amides is 1. The molecule has 4 heteroatoms. The van der Waals surface area contributed by atoms with E-state index in [-0.39, 0.29) is 5.91 Å². The molecule has 0 aromatic carbocycles. The molecule has 0 spiro atoms. The minimum atomic E-state index is -0.284. The lowest BCUT2D eigenvalue weighted by Gasteiger charge is -1.96. The van der Waals surface area contributed by atoms with Crippen molar-refractivity contribution in [3.63, 3.8) is 0 Å². The molecule has 0 aliphatic rings. The SMILES string of the molecule is NC(=O)CCn1ccnc1. The number of carbonyl (C=O) groups excluding carboxylic acids is 1. The molecular weight excluding hydrogens is 130 g/mol. The van der Waals surface area contributed by atoms with E-state index in [1.165, 1.54) is 0 Å². The summed E-state index contributed by atoms with van der Waals surface area (Å²) in [6.45, 7) is 0.620. The standard InChI is InChI=1S/C6H9N3O/c7-6(10)1-3-9-4-2-8-5-9/h2,4-5H,1,3H2,(H2,7,10). The lowest BCUT2D eigenvalue weighted by molar-refractivity contribution is -0.118. The van der Waals surface area contributed by atoms with Crippen LogP contribution in [0, 0.1) is 0 Å². The Hall–Kier alpha value is -1.32. The van der Waals surface area contributed by atoms with Crippen LogP contribution in [-0.4, -0.2) is 15.5 Å². The Morgan fingerprint density at radius 1 is 1.70 bits per heavy atom. The highest BCUT2D eigenvalue weighted by atomic mass is 16.1. The highest BCUT2D eigenvalue weighted by molar-refractivity contribution is 5.73. The number of nitrogens with two attached hydrogens (primary N) is 1. The lowest BCUT2D eigenvalue weighted by atomic mass is 10.4. The van der Waals surface area contributed by atoms with E-state index in [1.807, 2.05) is 4.57 Å². The molecule has 0 aliphatic carbocycles. The van der Waals surface area contributed by atoms with Crippen LogP contribution in [0.4, 0.5) is 0 Å². The second kappa shape index (κ2) is 3.00. The van der Waals surface area contributed by atoms with Crippen molar-refractivity contribution in [2.24, 2.45) is 5.73 Å². The summed E-state index contributed by atoms with van der Waals surface area (Å²) in [6, 6.07) is 0. The zero-order valence-electron chi connectivity index (χ0n) is 5.53. The Kier molecular flexibility index (Phi) is 2.04. The molecule has 0 atom stereocenters. The maximum atomic E-state index is 10.3. The molecule has 54 valence electrons. The Balaban J connectivity index is 2.35. The lowest BCUT2D eigenvalue weighted by Crippen LogP contribution is -2.13. The molecular formula is C6H9N3O. The van der Waals surface area contributed by atoms with Crippen LogP contribution in [0.3, 0.4) is 0 Å². The fourth-order valence-electron chi connectivity index (χ4n) is 0.658. The van der Waals surface area contributed by atoms with Crippen molar-refractivity contribution in [3.05, 3.63) is 18.7 Å². The monoisotopic (exact) mass is 139 g/mol. The smallest absolute Gasteiger partial charge is 0.219 e. The zero-order valence-corrected chi connectivity index (χ0v) is 5.53. The van der Waals surface area contributed by atoms with Gasteiger partial charge < -0.3 is 10.3 Å². The van der Waals surface area contributed by atoms with E-state index >= 15 is 0 Å². The molecule has 1 aromatic heterocycles. The van der Waals surface area contributed by atoms with Gasteiger partial charge in [-0.15, -0.1) is 0 Å². The van der Waals surface area contributed by atoms with E-state index in [9.17, 15) is 4.79 Å². The molecule has 1 heterocycles. The third kappa shape index (κ3) is 1.89. The molecule has 1 rings (SSSR count). The van der Waals surface area contributed by atoms with Gasteiger partial charge in [-0.2, -0.15) is 0 Å². The van der Waals surface area contributed by atoms with Gasteiger partial charge in [-0.05, 0) is 0 Å². The molecule has 0 fully saturated rings. The first-order valence-corrected chi connectivity index (χ1v) is 3.03. The number of imidazole rings is 1. The molecule has 4 nitrogen and oxygen atoms in total. The Morgan fingerprint density at radius 3 is 3.00 bits per heavy atom. The van der Waals surface area contributed by atoms with Crippen molar-refractivity contribution in [3.8, 4) is 0 Å². The van der Waals surface area contributed by atoms with Crippen LogP contribution in [0.5, 0.6) is 0 Å². The summed E-state index contributed by atoms with van der Waals surface area (Å²) in [7, 11) is 0. The van der Waals surface area contributed by atoms with Crippen LogP contribution in [0.15, 0.2) is 18.7 Å². The minimum Gasteiger partial charge on any atom is -0.370 e. The maximum absolute atomic E-state index is 10.3. The van der Waals surface area contributed by atoms with E-state index in [0.29, 0.717) is 13.0 Å². The first-order chi connectivity index (χ1) is 4.79. The van der Waals surface area contributed by atoms with Gasteiger partial charge in [0.05, 0.1) is 6.33 Å². The Labute approximate surface area is 58.7 Å². The fraction of sp³-hybridized carbons (Fsp3) is 0.333. The van der Waals surface area contributed by atoms with E-state index in [1.54, 1.807) is 18.7 Å². The van der Waals surface area contributed by atoms with Crippen LogP contribution >= 0.6 is 0 Å². The van der Waals surface area contributed by atoms with Crippen molar-refractivity contribution in [2.75, 3.05) is 0 Å². The van der Waals surface area contributed by atoms with E-state index < -0.39 is 0 Å². The summed E-state index contributed by atoms with van der Waals surface area (Å²) in [6.07, 6.45) is 5.49. The minimum absolute atomic E-state index is 0.284. The van der Waals surface area contributed by atoms with E-state index in [0.717, 1.165) is 0 Å². The van der Waals surface area contributed by atoms with Crippen LogP contribution < -0.4 is 5.73 Å². The average molecular weight is 139 g/mol. The van der Waals surface area contributed by atoms with Crippen LogP contribution in [0.25, 0.3) is 0 Å². The van der Waals surface area contributed by atoms with Gasteiger partial charge >= 0.3 is 0 Å². The van der Waals surface area contributed by atoms with Gasteiger partial charge in [-0.25, -0.2) is 4.98 Å². The van der Waals surface area contributed by atoms with Crippen LogP contribution in [0.2, 0.25) is 0 Å². The highest BCUT2D eigenvalue weighted by Crippen LogP contribution is 1.88. The molecule has 1 amide bonds. The molecule has 10 heavy (non-hydrogen) atoms. The number of primary amides is 1. The van der Waals surface area contributed by atoms with Crippen molar-refractivity contribution in [1.82, 2.24) is 9.55 Å². The largest absolute Gasteiger partial charge is 0.370 e. The molecule has 0 saturated carbocycles. The summed E-state index contributed by atoms with van der Waals surface area (Å²) in [5.74, 6) is -0.284. The van der Waals surface area contributed by atoms with Crippen molar-refractivity contribution < 1.29 is 4.79 Å². The van der Waals surface area contributed by atoms with Crippen LogP contribution in [-0.2, 0) is 11.3 Å². The maximum Gasteiger partial charge on any atom is 0.219 e. The van der Waals surface area contributed by atoms with Gasteiger partial charge in [0.2, 0.25) is 5.91 Å². The Bertz CT molecular complexity index is 205. The number of nitrogens with zero attached hydrogens (tertiary/aromatic N) is 2. The zero-order chi connectivity index (χ0) is 7.40. The number of aryl methyl sites for hydroxylation is 1. The third-order valence-corrected chi connectivity index (χ3v) is 1.18. The van der Waals surface area contributed by atoms with E-state index in [4.69, 9.17) is 5.73 Å². The molecule has 2 N–H and O–H groups in total. The molecule has 0 radical (unpaired) electrons. The second-order valence-corrected chi connectivity index (χ2v) is 2.02. The number of carbonyl (C=O) groups is 1. The summed E-state index contributed by atoms with van der Waals surface area (Å²) < 4.78 is 1.81. The van der Waals surface area contributed by atoms with Gasteiger partial charge in [0.1, 0.15) is 0 Å². The highest BCUT2D eigenvalue weighted by Gasteiger charge is 1.93. The van der Waals surface area contributed by atoms with Crippen molar-refractivity contribution in [1.29, 1.82) is 0 Å². The quantitative estimate of drug-likeness (QED) is 0.628. The summed E-state index contributed by atoms with van der Waals surface area (Å²) in [4.78, 5) is 14.1. The average Bonchev–Trinajstić information content (AvgIpc) is 2.34. The number of hydrogen-bond acceptors (Lipinski definition) is 2. The first kappa shape index (κ1) is 6.80. The number of hydrogen-bond donors (Lipinski definition) is 1. The molecule has 1 aromatic rings. The predicted octanol–water partition coefficient (Wildman–Crippen LogP) is -0.242. The predicted molar refractivity (Wildman–Crippen MR) is 36.0 cm³/mol. The Morgan fingerprint density at radius 2 is 2.50 bits per heavy atom. The molecule has 0 bridgehead atoms. The van der Waals surface area contributed by atoms with E-state index in [2.05, 4.69) is 4.98 Å². The summed E-state index contributed by atoms with van der Waals surface area (Å²) >= 11 is 0. The summed E-state index contributed by atoms with van der Waals surface area (Å²) in [5, 5.41) is 0. The van der Waals surface area contributed by atoms with Gasteiger partial charge in [0.15, 0.2) is 0 Å². The van der Waals surface area contributed by atoms with Gasteiger partial charge in [-0.1, -0.05) is 0 Å². The molecule has 0 saturated heterocycles. The molecule has 0 aliphatic heterocycles. The van der Waals surface area contributed by atoms with Gasteiger partial charge in [-0.3, -0.25) is 4.79 Å². The number of rotatable bonds is 3. The fourth-order valence-corrected chi connectivity index (χ4v) is 0.658. The molecule has 0 unspecified atom stereocenters. The first-order valence-electron chi connectivity index (χ1n) is 3.03. The van der Waals surface area contributed by atoms with Crippen molar-refractivity contribution in [2.45, 2.75) is 13.0 Å². The summed E-state index contributed by atoms with van der Waals surface area (Å²) in [5.41, 5.74) is 4.94.